The molecule has 0 fully saturated rings. The second kappa shape index (κ2) is 3.35. The second-order valence-corrected chi connectivity index (χ2v) is 5.58. The van der Waals surface area contributed by atoms with E-state index in [4.69, 9.17) is 0 Å². The van der Waals surface area contributed by atoms with E-state index in [0.29, 0.717) is 6.04 Å². The van der Waals surface area contributed by atoms with Crippen molar-refractivity contribution in [2.24, 2.45) is 0 Å². The second-order valence-electron chi connectivity index (χ2n) is 4.38. The van der Waals surface area contributed by atoms with Crippen LogP contribution in [-0.2, 0) is 6.54 Å². The van der Waals surface area contributed by atoms with Crippen LogP contribution < -0.4 is 10.2 Å². The summed E-state index contributed by atoms with van der Waals surface area (Å²) in [6, 6.07) is 0.642. The molecular formula is C12H16N2S. The minimum Gasteiger partial charge on any atom is -0.335 e. The summed E-state index contributed by atoms with van der Waals surface area (Å²) in [7, 11) is 0. The smallest absolute Gasteiger partial charge is 0.100 e. The summed E-state index contributed by atoms with van der Waals surface area (Å²) < 4.78 is 0. The van der Waals surface area contributed by atoms with Gasteiger partial charge in [0.15, 0.2) is 0 Å². The highest BCUT2D eigenvalue weighted by Crippen LogP contribution is 2.39. The summed E-state index contributed by atoms with van der Waals surface area (Å²) >= 11 is 1.94. The van der Waals surface area contributed by atoms with Crippen molar-refractivity contribution in [1.82, 2.24) is 5.32 Å². The third-order valence-corrected chi connectivity index (χ3v) is 4.74. The molecule has 15 heavy (non-hydrogen) atoms. The van der Waals surface area contributed by atoms with Crippen LogP contribution in [0, 0.1) is 13.8 Å². The average molecular weight is 220 g/mol. The maximum Gasteiger partial charge on any atom is 0.100 e. The number of anilines is 1. The first kappa shape index (κ1) is 9.43. The Kier molecular flexibility index (Phi) is 2.11. The first-order valence-electron chi connectivity index (χ1n) is 5.52. The lowest BCUT2D eigenvalue weighted by Crippen LogP contribution is -2.33. The van der Waals surface area contributed by atoms with Crippen LogP contribution in [0.1, 0.15) is 22.4 Å². The number of nitrogens with one attached hydrogen (secondary N) is 1. The normalized spacial score (nSPS) is 23.9. The largest absolute Gasteiger partial charge is 0.335 e. The van der Waals surface area contributed by atoms with Crippen LogP contribution in [0.5, 0.6) is 0 Å². The lowest BCUT2D eigenvalue weighted by atomic mass is 10.1. The molecule has 0 amide bonds. The number of thiophene rings is 1. The predicted octanol–water partition coefficient (Wildman–Crippen LogP) is 2.56. The zero-order valence-electron chi connectivity index (χ0n) is 9.21. The van der Waals surface area contributed by atoms with Crippen LogP contribution in [-0.4, -0.2) is 12.6 Å². The third-order valence-electron chi connectivity index (χ3n) is 3.47. The minimum absolute atomic E-state index is 0.642. The molecule has 0 spiro atoms. The van der Waals surface area contributed by atoms with Crippen molar-refractivity contribution in [2.45, 2.75) is 32.9 Å². The fourth-order valence-corrected chi connectivity index (χ4v) is 3.65. The predicted molar refractivity (Wildman–Crippen MR) is 65.5 cm³/mol. The molecular weight excluding hydrogens is 204 g/mol. The summed E-state index contributed by atoms with van der Waals surface area (Å²) in [4.78, 5) is 3.92. The van der Waals surface area contributed by atoms with E-state index in [0.717, 1.165) is 13.1 Å². The van der Waals surface area contributed by atoms with Crippen molar-refractivity contribution in [1.29, 1.82) is 0 Å². The van der Waals surface area contributed by atoms with Crippen molar-refractivity contribution < 1.29 is 0 Å². The van der Waals surface area contributed by atoms with Gasteiger partial charge in [-0.05, 0) is 25.8 Å². The topological polar surface area (TPSA) is 15.3 Å². The highest BCUT2D eigenvalue weighted by molar-refractivity contribution is 7.16. The Morgan fingerprint density at radius 3 is 3.20 bits per heavy atom. The van der Waals surface area contributed by atoms with Crippen LogP contribution in [0.3, 0.4) is 0 Å². The number of aryl methyl sites for hydroxylation is 1. The van der Waals surface area contributed by atoms with Gasteiger partial charge in [0.1, 0.15) is 5.00 Å². The standard InChI is InChI=1S/C12H16N2S/c1-8-9(2)15-12-11(8)7-13-6-10-4-3-5-14(10)12/h3,5,10,13H,4,6-7H2,1-2H3. The molecule has 1 aromatic rings. The average Bonchev–Trinajstić information content (AvgIpc) is 2.73. The summed E-state index contributed by atoms with van der Waals surface area (Å²) in [5, 5.41) is 5.02. The molecule has 0 saturated carbocycles. The van der Waals surface area contributed by atoms with Crippen molar-refractivity contribution in [3.63, 3.8) is 0 Å². The van der Waals surface area contributed by atoms with Gasteiger partial charge in [0.05, 0.1) is 6.04 Å². The Labute approximate surface area is 94.6 Å². The third kappa shape index (κ3) is 1.34. The molecule has 3 heterocycles. The molecule has 1 aromatic heterocycles. The molecule has 2 aliphatic heterocycles. The van der Waals surface area contributed by atoms with E-state index in [1.807, 2.05) is 11.3 Å². The Hall–Kier alpha value is -0.800. The fraction of sp³-hybridized carbons (Fsp3) is 0.500. The van der Waals surface area contributed by atoms with Crippen LogP contribution in [0.15, 0.2) is 12.3 Å². The monoisotopic (exact) mass is 220 g/mol. The molecule has 0 aliphatic carbocycles. The number of nitrogens with zero attached hydrogens (tertiary/aromatic N) is 1. The van der Waals surface area contributed by atoms with Crippen molar-refractivity contribution >= 4 is 16.3 Å². The van der Waals surface area contributed by atoms with Crippen LogP contribution in [0.25, 0.3) is 0 Å². The summed E-state index contributed by atoms with van der Waals surface area (Å²) in [6.45, 7) is 6.61. The molecule has 80 valence electrons. The molecule has 0 aromatic carbocycles. The number of hydrogen-bond acceptors (Lipinski definition) is 3. The van der Waals surface area contributed by atoms with E-state index in [-0.39, 0.29) is 0 Å². The van der Waals surface area contributed by atoms with E-state index in [2.05, 4.69) is 36.3 Å². The van der Waals surface area contributed by atoms with E-state index in [1.165, 1.54) is 27.4 Å². The first-order chi connectivity index (χ1) is 7.27. The van der Waals surface area contributed by atoms with Gasteiger partial charge in [0, 0.05) is 29.7 Å². The van der Waals surface area contributed by atoms with Crippen LogP contribution in [0.4, 0.5) is 5.00 Å². The zero-order chi connectivity index (χ0) is 10.4. The van der Waals surface area contributed by atoms with Gasteiger partial charge in [-0.15, -0.1) is 11.3 Å². The van der Waals surface area contributed by atoms with Crippen LogP contribution in [0.2, 0.25) is 0 Å². The van der Waals surface area contributed by atoms with Gasteiger partial charge in [-0.3, -0.25) is 0 Å². The van der Waals surface area contributed by atoms with Gasteiger partial charge in [-0.1, -0.05) is 6.08 Å². The highest BCUT2D eigenvalue weighted by Gasteiger charge is 2.27. The molecule has 1 N–H and O–H groups in total. The quantitative estimate of drug-likeness (QED) is 0.723. The minimum atomic E-state index is 0.642. The van der Waals surface area contributed by atoms with Crippen molar-refractivity contribution in [2.75, 3.05) is 11.4 Å². The maximum absolute atomic E-state index is 3.55. The van der Waals surface area contributed by atoms with Crippen molar-refractivity contribution in [3.05, 3.63) is 28.3 Å². The number of rotatable bonds is 0. The van der Waals surface area contributed by atoms with Gasteiger partial charge in [-0.25, -0.2) is 0 Å². The lowest BCUT2D eigenvalue weighted by Gasteiger charge is -2.22. The van der Waals surface area contributed by atoms with Crippen LogP contribution >= 0.6 is 11.3 Å². The zero-order valence-corrected chi connectivity index (χ0v) is 10.0. The van der Waals surface area contributed by atoms with Gasteiger partial charge >= 0.3 is 0 Å². The summed E-state index contributed by atoms with van der Waals surface area (Å²) in [6.07, 6.45) is 5.72. The molecule has 1 unspecified atom stereocenters. The molecule has 2 aliphatic rings. The molecule has 3 rings (SSSR count). The number of fused-ring (bicyclic) bond motifs is 3. The van der Waals surface area contributed by atoms with Gasteiger partial charge in [0.25, 0.3) is 0 Å². The first-order valence-corrected chi connectivity index (χ1v) is 6.33. The van der Waals surface area contributed by atoms with E-state index < -0.39 is 0 Å². The Morgan fingerprint density at radius 1 is 1.47 bits per heavy atom. The van der Waals surface area contributed by atoms with Gasteiger partial charge < -0.3 is 10.2 Å². The maximum atomic E-state index is 3.55. The van der Waals surface area contributed by atoms with Crippen molar-refractivity contribution in [3.8, 4) is 0 Å². The Bertz CT molecular complexity index is 420. The summed E-state index contributed by atoms with van der Waals surface area (Å²) in [5.74, 6) is 0. The highest BCUT2D eigenvalue weighted by atomic mass is 32.1. The fourth-order valence-electron chi connectivity index (χ4n) is 2.42. The molecule has 0 bridgehead atoms. The Morgan fingerprint density at radius 2 is 2.33 bits per heavy atom. The van der Waals surface area contributed by atoms with Gasteiger partial charge in [-0.2, -0.15) is 0 Å². The van der Waals surface area contributed by atoms with Gasteiger partial charge in [0.2, 0.25) is 0 Å². The lowest BCUT2D eigenvalue weighted by molar-refractivity contribution is 0.604. The molecule has 2 nitrogen and oxygen atoms in total. The van der Waals surface area contributed by atoms with E-state index in [9.17, 15) is 0 Å². The van der Waals surface area contributed by atoms with E-state index >= 15 is 0 Å². The SMILES string of the molecule is Cc1sc2c(c1C)CNCC1CC=CN21. The molecule has 0 saturated heterocycles. The molecule has 3 heteroatoms. The number of hydrogen-bond donors (Lipinski definition) is 1. The Balaban J connectivity index is 2.12. The summed E-state index contributed by atoms with van der Waals surface area (Å²) in [5.41, 5.74) is 2.98. The van der Waals surface area contributed by atoms with E-state index in [1.54, 1.807) is 0 Å². The molecule has 0 radical (unpaired) electrons. The molecule has 1 atom stereocenters.